The molecule has 0 saturated carbocycles. The van der Waals surface area contributed by atoms with Gasteiger partial charge in [-0.15, -0.1) is 0 Å². The number of ether oxygens (including phenoxy) is 1. The van der Waals surface area contributed by atoms with E-state index in [1.807, 2.05) is 6.92 Å². The highest BCUT2D eigenvalue weighted by molar-refractivity contribution is 5.89. The first-order chi connectivity index (χ1) is 12.6. The fraction of sp³-hybridized carbons (Fsp3) is 0.812. The lowest BCUT2D eigenvalue weighted by atomic mass is 9.94. The molecule has 11 heteroatoms. The van der Waals surface area contributed by atoms with Crippen molar-refractivity contribution >= 4 is 17.8 Å². The maximum Gasteiger partial charge on any atom is 0.332 e. The van der Waals surface area contributed by atoms with E-state index in [0.29, 0.717) is 12.8 Å². The Balaban J connectivity index is 2.66. The van der Waals surface area contributed by atoms with Crippen LogP contribution < -0.4 is 16.4 Å². The molecular formula is C16H29N3O8. The number of rotatable bonds is 9. The third-order valence-corrected chi connectivity index (χ3v) is 4.27. The lowest BCUT2D eigenvalue weighted by molar-refractivity contribution is -0.208. The Labute approximate surface area is 156 Å². The van der Waals surface area contributed by atoms with Crippen LogP contribution in [0.5, 0.6) is 0 Å². The van der Waals surface area contributed by atoms with Crippen molar-refractivity contribution < 1.29 is 39.5 Å². The lowest BCUT2D eigenvalue weighted by Gasteiger charge is -2.37. The van der Waals surface area contributed by atoms with Gasteiger partial charge in [0.15, 0.2) is 6.10 Å². The number of aliphatic hydroxyl groups excluding tert-OH is 3. The number of hydrogen-bond acceptors (Lipinski definition) is 8. The molecule has 1 fully saturated rings. The standard InChI is InChI=1S/C16H29N3O8/c1-3-4-8(19-14(23)7(2)17)15(24)18-6-10(21)13-12(22)9(20)5-11(27-13)16(25)26/h7-13,20-22H,3-6,17H2,1-2H3,(H,18,24)(H,19,23)(H,25,26)/t7-,8-,9+,10+,11-,12+,13+/m0/s1. The Kier molecular flexibility index (Phi) is 9.06. The Morgan fingerprint density at radius 2 is 1.89 bits per heavy atom. The molecule has 1 heterocycles. The molecule has 1 saturated heterocycles. The zero-order valence-electron chi connectivity index (χ0n) is 15.4. The quantitative estimate of drug-likeness (QED) is 0.215. The Morgan fingerprint density at radius 3 is 2.41 bits per heavy atom. The van der Waals surface area contributed by atoms with E-state index in [2.05, 4.69) is 10.6 Å². The van der Waals surface area contributed by atoms with Gasteiger partial charge in [0.2, 0.25) is 11.8 Å². The van der Waals surface area contributed by atoms with Gasteiger partial charge in [0.25, 0.3) is 0 Å². The van der Waals surface area contributed by atoms with Crippen molar-refractivity contribution in [3.63, 3.8) is 0 Å². The normalized spacial score (nSPS) is 28.7. The number of aliphatic carboxylic acids is 1. The Morgan fingerprint density at radius 1 is 1.26 bits per heavy atom. The maximum atomic E-state index is 12.3. The molecule has 0 unspecified atom stereocenters. The zero-order valence-corrected chi connectivity index (χ0v) is 15.4. The maximum absolute atomic E-state index is 12.3. The number of carboxylic acid groups (broad SMARTS) is 1. The zero-order chi connectivity index (χ0) is 20.7. The predicted octanol–water partition coefficient (Wildman–Crippen LogP) is -2.94. The van der Waals surface area contributed by atoms with Crippen molar-refractivity contribution in [3.8, 4) is 0 Å². The van der Waals surface area contributed by atoms with Crippen molar-refractivity contribution in [2.75, 3.05) is 6.54 Å². The summed E-state index contributed by atoms with van der Waals surface area (Å²) in [5.74, 6) is -2.39. The van der Waals surface area contributed by atoms with E-state index in [1.165, 1.54) is 6.92 Å². The van der Waals surface area contributed by atoms with Gasteiger partial charge < -0.3 is 41.5 Å². The fourth-order valence-corrected chi connectivity index (χ4v) is 2.69. The van der Waals surface area contributed by atoms with Crippen molar-refractivity contribution in [2.24, 2.45) is 5.73 Å². The summed E-state index contributed by atoms with van der Waals surface area (Å²) in [5.41, 5.74) is 5.47. The SMILES string of the molecule is CCC[C@H](NC(=O)[C@H](C)N)C(=O)NC[C@@H](O)[C@H]1O[C@H](C(=O)O)C[C@@H](O)[C@H]1O. The molecule has 11 nitrogen and oxygen atoms in total. The van der Waals surface area contributed by atoms with Crippen molar-refractivity contribution in [1.82, 2.24) is 10.6 Å². The molecule has 1 rings (SSSR count). The summed E-state index contributed by atoms with van der Waals surface area (Å²) < 4.78 is 5.13. The van der Waals surface area contributed by atoms with E-state index in [1.54, 1.807) is 0 Å². The van der Waals surface area contributed by atoms with Gasteiger partial charge in [0, 0.05) is 13.0 Å². The third-order valence-electron chi connectivity index (χ3n) is 4.27. The largest absolute Gasteiger partial charge is 0.479 e. The average molecular weight is 391 g/mol. The van der Waals surface area contributed by atoms with Crippen LogP contribution in [0.1, 0.15) is 33.1 Å². The number of hydrogen-bond donors (Lipinski definition) is 7. The molecule has 0 bridgehead atoms. The highest BCUT2D eigenvalue weighted by Gasteiger charge is 2.43. The minimum atomic E-state index is -1.50. The molecule has 1 aliphatic heterocycles. The van der Waals surface area contributed by atoms with Gasteiger partial charge >= 0.3 is 5.97 Å². The minimum absolute atomic E-state index is 0.312. The van der Waals surface area contributed by atoms with Gasteiger partial charge in [-0.3, -0.25) is 9.59 Å². The second kappa shape index (κ2) is 10.5. The number of aliphatic hydroxyl groups is 3. The molecule has 0 aromatic heterocycles. The van der Waals surface area contributed by atoms with Crippen LogP contribution in [-0.2, 0) is 19.1 Å². The van der Waals surface area contributed by atoms with Crippen LogP contribution in [0.4, 0.5) is 0 Å². The second-order valence-corrected chi connectivity index (χ2v) is 6.67. The van der Waals surface area contributed by atoms with Gasteiger partial charge in [0.05, 0.1) is 12.1 Å². The lowest BCUT2D eigenvalue weighted by Crippen LogP contribution is -2.58. The Bertz CT molecular complexity index is 530. The van der Waals surface area contributed by atoms with E-state index < -0.39 is 60.4 Å². The molecule has 27 heavy (non-hydrogen) atoms. The van der Waals surface area contributed by atoms with Crippen LogP contribution in [0.3, 0.4) is 0 Å². The second-order valence-electron chi connectivity index (χ2n) is 6.67. The smallest absolute Gasteiger partial charge is 0.332 e. The number of carboxylic acids is 1. The number of nitrogens with two attached hydrogens (primary N) is 1. The van der Waals surface area contributed by atoms with E-state index >= 15 is 0 Å². The van der Waals surface area contributed by atoms with Gasteiger partial charge in [-0.05, 0) is 13.3 Å². The molecule has 0 aromatic carbocycles. The molecular weight excluding hydrogens is 362 g/mol. The minimum Gasteiger partial charge on any atom is -0.479 e. The van der Waals surface area contributed by atoms with Crippen LogP contribution in [0.15, 0.2) is 0 Å². The average Bonchev–Trinajstić information content (AvgIpc) is 2.60. The Hall–Kier alpha value is -1.79. The summed E-state index contributed by atoms with van der Waals surface area (Å²) in [7, 11) is 0. The molecule has 156 valence electrons. The topological polar surface area (TPSA) is 191 Å². The predicted molar refractivity (Wildman–Crippen MR) is 92.4 cm³/mol. The molecule has 1 aliphatic rings. The highest BCUT2D eigenvalue weighted by atomic mass is 16.5. The van der Waals surface area contributed by atoms with Crippen LogP contribution >= 0.6 is 0 Å². The van der Waals surface area contributed by atoms with Gasteiger partial charge in [-0.25, -0.2) is 4.79 Å². The summed E-state index contributed by atoms with van der Waals surface area (Å²) in [6.07, 6.45) is -6.47. The third kappa shape index (κ3) is 6.70. The monoisotopic (exact) mass is 391 g/mol. The number of amides is 2. The summed E-state index contributed by atoms with van der Waals surface area (Å²) in [6, 6.07) is -1.64. The van der Waals surface area contributed by atoms with Gasteiger partial charge in [0.1, 0.15) is 24.4 Å². The molecule has 8 N–H and O–H groups in total. The van der Waals surface area contributed by atoms with Crippen LogP contribution in [0, 0.1) is 0 Å². The summed E-state index contributed by atoms with van der Waals surface area (Å²) >= 11 is 0. The number of nitrogens with one attached hydrogen (secondary N) is 2. The van der Waals surface area contributed by atoms with E-state index in [0.717, 1.165) is 0 Å². The summed E-state index contributed by atoms with van der Waals surface area (Å²) in [6.45, 7) is 2.94. The molecule has 2 amide bonds. The van der Waals surface area contributed by atoms with Crippen LogP contribution in [-0.4, -0.2) is 87.4 Å². The molecule has 0 spiro atoms. The molecule has 0 aromatic rings. The molecule has 0 radical (unpaired) electrons. The first-order valence-electron chi connectivity index (χ1n) is 8.84. The first-order valence-corrected chi connectivity index (χ1v) is 8.84. The molecule has 0 aliphatic carbocycles. The van der Waals surface area contributed by atoms with Crippen molar-refractivity contribution in [3.05, 3.63) is 0 Å². The van der Waals surface area contributed by atoms with E-state index in [4.69, 9.17) is 15.6 Å². The van der Waals surface area contributed by atoms with Gasteiger partial charge in [-0.1, -0.05) is 13.3 Å². The number of carbonyl (C=O) groups excluding carboxylic acids is 2. The summed E-state index contributed by atoms with van der Waals surface area (Å²) in [4.78, 5) is 35.0. The van der Waals surface area contributed by atoms with E-state index in [9.17, 15) is 29.7 Å². The summed E-state index contributed by atoms with van der Waals surface area (Å²) in [5, 5.41) is 43.8. The highest BCUT2D eigenvalue weighted by Crippen LogP contribution is 2.23. The van der Waals surface area contributed by atoms with Gasteiger partial charge in [-0.2, -0.15) is 0 Å². The van der Waals surface area contributed by atoms with Crippen molar-refractivity contribution in [2.45, 2.75) is 75.7 Å². The van der Waals surface area contributed by atoms with Crippen LogP contribution in [0.25, 0.3) is 0 Å². The van der Waals surface area contributed by atoms with E-state index in [-0.39, 0.29) is 13.0 Å². The first kappa shape index (κ1) is 23.2. The molecule has 7 atom stereocenters. The number of carbonyl (C=O) groups is 3. The van der Waals surface area contributed by atoms with Crippen LogP contribution in [0.2, 0.25) is 0 Å². The fourth-order valence-electron chi connectivity index (χ4n) is 2.69. The van der Waals surface area contributed by atoms with Crippen molar-refractivity contribution in [1.29, 1.82) is 0 Å².